The van der Waals surface area contributed by atoms with Crippen molar-refractivity contribution in [3.05, 3.63) is 211 Å². The molecule has 8 aromatic carbocycles. The molecule has 0 bridgehead atoms. The van der Waals surface area contributed by atoms with Gasteiger partial charge in [0, 0.05) is 38.0 Å². The molecule has 1 aliphatic rings. The minimum absolute atomic E-state index is 0.0619. The standard InChI is InChI=1S/C53H39N5S/c1-2-47-48(54-50(38-15-5-3-6-16-38)55-49(47)43-23-21-35-13-9-11-19-41(35)33-43)37-25-29-45(30-26-37)59-46-31-27-40(28-32-46)52-56-51(39-17-7-4-8-18-39)57-53(58-52)44-24-22-36-14-10-12-20-42(36)34-44/h3-34,47-48H,2H2,1H3. The highest BCUT2D eigenvalue weighted by atomic mass is 32.2. The summed E-state index contributed by atoms with van der Waals surface area (Å²) in [7, 11) is 0. The second-order valence-corrected chi connectivity index (χ2v) is 15.9. The summed E-state index contributed by atoms with van der Waals surface area (Å²) in [6, 6.07) is 67.7. The molecule has 1 aromatic heterocycles. The van der Waals surface area contributed by atoms with Gasteiger partial charge in [-0.3, -0.25) is 4.99 Å². The summed E-state index contributed by atoms with van der Waals surface area (Å²) >= 11 is 1.74. The largest absolute Gasteiger partial charge is 0.257 e. The van der Waals surface area contributed by atoms with Gasteiger partial charge in [0.25, 0.3) is 0 Å². The van der Waals surface area contributed by atoms with E-state index >= 15 is 0 Å². The van der Waals surface area contributed by atoms with Crippen molar-refractivity contribution in [2.45, 2.75) is 29.2 Å². The van der Waals surface area contributed by atoms with Gasteiger partial charge < -0.3 is 0 Å². The van der Waals surface area contributed by atoms with Crippen LogP contribution in [0, 0.1) is 5.92 Å². The Morgan fingerprint density at radius 1 is 0.424 bits per heavy atom. The summed E-state index contributed by atoms with van der Waals surface area (Å²) in [6.07, 6.45) is 0.919. The number of fused-ring (bicyclic) bond motifs is 2. The number of rotatable bonds is 9. The third kappa shape index (κ3) is 7.59. The monoisotopic (exact) mass is 777 g/mol. The molecular weight excluding hydrogens is 739 g/mol. The van der Waals surface area contributed by atoms with Gasteiger partial charge in [-0.25, -0.2) is 19.9 Å². The number of aliphatic imine (C=N–C) groups is 2. The lowest BCUT2D eigenvalue weighted by molar-refractivity contribution is 0.532. The van der Waals surface area contributed by atoms with Crippen LogP contribution < -0.4 is 0 Å². The first-order valence-corrected chi connectivity index (χ1v) is 20.9. The maximum Gasteiger partial charge on any atom is 0.164 e. The van der Waals surface area contributed by atoms with Crippen molar-refractivity contribution in [3.63, 3.8) is 0 Å². The zero-order chi connectivity index (χ0) is 39.5. The van der Waals surface area contributed by atoms with Crippen LogP contribution in [0.1, 0.15) is 36.1 Å². The fourth-order valence-corrected chi connectivity index (χ4v) is 8.71. The van der Waals surface area contributed by atoms with E-state index in [9.17, 15) is 0 Å². The minimum Gasteiger partial charge on any atom is -0.257 e. The molecule has 0 saturated heterocycles. The highest BCUT2D eigenvalue weighted by molar-refractivity contribution is 7.99. The summed E-state index contributed by atoms with van der Waals surface area (Å²) < 4.78 is 0. The van der Waals surface area contributed by atoms with Crippen LogP contribution in [0.5, 0.6) is 0 Å². The van der Waals surface area contributed by atoms with Gasteiger partial charge in [0.05, 0.1) is 11.8 Å². The quantitative estimate of drug-likeness (QED) is 0.146. The Morgan fingerprint density at radius 3 is 1.47 bits per heavy atom. The van der Waals surface area contributed by atoms with Gasteiger partial charge in [-0.05, 0) is 75.5 Å². The molecule has 0 aliphatic carbocycles. The Labute approximate surface area is 348 Å². The number of hydrogen-bond acceptors (Lipinski definition) is 6. The van der Waals surface area contributed by atoms with E-state index in [1.54, 1.807) is 11.8 Å². The van der Waals surface area contributed by atoms with Crippen molar-refractivity contribution in [1.82, 2.24) is 15.0 Å². The SMILES string of the molecule is CCC1C(c2ccc3ccccc3c2)=NC(c2ccccc2)=NC1c1ccc(Sc2ccc(-c3nc(-c4ccccc4)nc(-c4ccc5ccccc5c4)n3)cc2)cc1. The molecule has 282 valence electrons. The van der Waals surface area contributed by atoms with Crippen LogP contribution in [0.4, 0.5) is 0 Å². The van der Waals surface area contributed by atoms with Gasteiger partial charge >= 0.3 is 0 Å². The molecule has 6 heteroatoms. The second-order valence-electron chi connectivity index (χ2n) is 14.8. The summed E-state index contributed by atoms with van der Waals surface area (Å²) in [4.78, 5) is 27.8. The van der Waals surface area contributed by atoms with E-state index in [-0.39, 0.29) is 12.0 Å². The minimum atomic E-state index is -0.0619. The zero-order valence-electron chi connectivity index (χ0n) is 32.5. The van der Waals surface area contributed by atoms with Crippen LogP contribution in [0.3, 0.4) is 0 Å². The van der Waals surface area contributed by atoms with E-state index < -0.39 is 0 Å². The number of aromatic nitrogens is 3. The highest BCUT2D eigenvalue weighted by Crippen LogP contribution is 2.38. The summed E-state index contributed by atoms with van der Waals surface area (Å²) in [5.74, 6) is 2.85. The molecule has 0 fully saturated rings. The normalized spacial score (nSPS) is 15.2. The Balaban J connectivity index is 0.928. The van der Waals surface area contributed by atoms with Crippen molar-refractivity contribution >= 4 is 44.9 Å². The van der Waals surface area contributed by atoms with Gasteiger partial charge in [0.2, 0.25) is 0 Å². The second kappa shape index (κ2) is 16.1. The average molecular weight is 778 g/mol. The van der Waals surface area contributed by atoms with E-state index in [0.29, 0.717) is 17.5 Å². The summed E-state index contributed by atoms with van der Waals surface area (Å²) in [5, 5.41) is 4.78. The average Bonchev–Trinajstić information content (AvgIpc) is 3.31. The Bertz CT molecular complexity index is 3000. The van der Waals surface area contributed by atoms with E-state index in [1.165, 1.54) is 21.7 Å². The third-order valence-electron chi connectivity index (χ3n) is 11.0. The first-order valence-electron chi connectivity index (χ1n) is 20.0. The van der Waals surface area contributed by atoms with E-state index in [4.69, 9.17) is 24.9 Å². The summed E-state index contributed by atoms with van der Waals surface area (Å²) in [5.41, 5.74) is 7.30. The molecule has 0 amide bonds. The van der Waals surface area contributed by atoms with Crippen LogP contribution in [-0.4, -0.2) is 26.5 Å². The van der Waals surface area contributed by atoms with E-state index in [2.05, 4.69) is 165 Å². The molecule has 1 aliphatic heterocycles. The van der Waals surface area contributed by atoms with Crippen molar-refractivity contribution in [1.29, 1.82) is 0 Å². The lowest BCUT2D eigenvalue weighted by Gasteiger charge is -2.30. The molecule has 0 spiro atoms. The first kappa shape index (κ1) is 36.3. The predicted molar refractivity (Wildman–Crippen MR) is 244 cm³/mol. The number of amidine groups is 1. The smallest absolute Gasteiger partial charge is 0.164 e. The van der Waals surface area contributed by atoms with Crippen LogP contribution in [0.2, 0.25) is 0 Å². The van der Waals surface area contributed by atoms with Crippen molar-refractivity contribution in [3.8, 4) is 34.2 Å². The predicted octanol–water partition coefficient (Wildman–Crippen LogP) is 13.3. The van der Waals surface area contributed by atoms with Crippen LogP contribution in [0.25, 0.3) is 55.7 Å². The topological polar surface area (TPSA) is 63.4 Å². The van der Waals surface area contributed by atoms with Gasteiger partial charge in [0.15, 0.2) is 23.3 Å². The van der Waals surface area contributed by atoms with Gasteiger partial charge in [-0.2, -0.15) is 0 Å². The van der Waals surface area contributed by atoms with Crippen LogP contribution in [-0.2, 0) is 0 Å². The lowest BCUT2D eigenvalue weighted by Crippen LogP contribution is -2.28. The van der Waals surface area contributed by atoms with Crippen molar-refractivity contribution in [2.75, 3.05) is 0 Å². The van der Waals surface area contributed by atoms with Crippen LogP contribution in [0.15, 0.2) is 214 Å². The Morgan fingerprint density at radius 2 is 0.881 bits per heavy atom. The molecule has 2 heterocycles. The molecule has 10 rings (SSSR count). The van der Waals surface area contributed by atoms with Gasteiger partial charge in [0.1, 0.15) is 0 Å². The van der Waals surface area contributed by atoms with Crippen LogP contribution >= 0.6 is 11.8 Å². The number of nitrogens with zero attached hydrogens (tertiary/aromatic N) is 5. The fourth-order valence-electron chi connectivity index (χ4n) is 7.89. The number of benzene rings is 8. The Kier molecular flexibility index (Phi) is 9.90. The Hall–Kier alpha value is -7.02. The molecule has 9 aromatic rings. The summed E-state index contributed by atoms with van der Waals surface area (Å²) in [6.45, 7) is 2.24. The lowest BCUT2D eigenvalue weighted by atomic mass is 9.83. The molecule has 59 heavy (non-hydrogen) atoms. The molecule has 5 nitrogen and oxygen atoms in total. The fraction of sp³-hybridized carbons (Fsp3) is 0.0755. The molecule has 0 radical (unpaired) electrons. The zero-order valence-corrected chi connectivity index (χ0v) is 33.3. The number of hydrogen-bond donors (Lipinski definition) is 0. The molecular formula is C53H39N5S. The third-order valence-corrected chi connectivity index (χ3v) is 12.0. The molecule has 2 atom stereocenters. The van der Waals surface area contributed by atoms with Crippen molar-refractivity contribution < 1.29 is 0 Å². The van der Waals surface area contributed by atoms with E-state index in [0.717, 1.165) is 61.0 Å². The maximum absolute atomic E-state index is 5.34. The molecule has 0 saturated carbocycles. The highest BCUT2D eigenvalue weighted by Gasteiger charge is 2.32. The van der Waals surface area contributed by atoms with Gasteiger partial charge in [-0.1, -0.05) is 176 Å². The van der Waals surface area contributed by atoms with Gasteiger partial charge in [-0.15, -0.1) is 0 Å². The first-order chi connectivity index (χ1) is 29.1. The molecule has 0 N–H and O–H groups in total. The van der Waals surface area contributed by atoms with Crippen molar-refractivity contribution in [2.24, 2.45) is 15.9 Å². The van der Waals surface area contributed by atoms with E-state index in [1.807, 2.05) is 36.4 Å². The maximum atomic E-state index is 5.34. The molecule has 2 unspecified atom stereocenters.